The van der Waals surface area contributed by atoms with Crippen LogP contribution in [0.3, 0.4) is 0 Å². The zero-order chi connectivity index (χ0) is 11.1. The fraction of sp³-hybridized carbons (Fsp3) is 0.727. The lowest BCUT2D eigenvalue weighted by Crippen LogP contribution is -2.45. The van der Waals surface area contributed by atoms with Crippen molar-refractivity contribution in [1.29, 1.82) is 0 Å². The third kappa shape index (κ3) is 2.06. The van der Waals surface area contributed by atoms with Gasteiger partial charge in [0.1, 0.15) is 12.4 Å². The number of nitrogens with zero attached hydrogens (tertiary/aromatic N) is 1. The van der Waals surface area contributed by atoms with Crippen LogP contribution < -0.4 is 0 Å². The molecule has 4 heteroatoms. The Balaban J connectivity index is 2.27. The molecule has 0 aromatic carbocycles. The number of rotatable bonds is 1. The van der Waals surface area contributed by atoms with E-state index in [1.165, 1.54) is 0 Å². The summed E-state index contributed by atoms with van der Waals surface area (Å²) in [7, 11) is 0. The number of aromatic nitrogens is 1. The van der Waals surface area contributed by atoms with Crippen LogP contribution in [0.15, 0.2) is 16.9 Å². The Bertz CT molecular complexity index is 330. The Morgan fingerprint density at radius 3 is 2.67 bits per heavy atom. The van der Waals surface area contributed by atoms with E-state index in [2.05, 4.69) is 18.8 Å². The van der Waals surface area contributed by atoms with Crippen molar-refractivity contribution in [2.24, 2.45) is 5.41 Å². The molecule has 1 aromatic heterocycles. The van der Waals surface area contributed by atoms with Crippen molar-refractivity contribution >= 4 is 0 Å². The van der Waals surface area contributed by atoms with Crippen LogP contribution in [0.2, 0.25) is 0 Å². The highest BCUT2D eigenvalue weighted by atomic mass is 16.7. The van der Waals surface area contributed by atoms with E-state index < -0.39 is 5.79 Å². The average Bonchev–Trinajstić information content (AvgIpc) is 2.62. The second kappa shape index (κ2) is 3.32. The lowest BCUT2D eigenvalue weighted by Gasteiger charge is -2.44. The van der Waals surface area contributed by atoms with Gasteiger partial charge in [-0.25, -0.2) is 4.98 Å². The van der Waals surface area contributed by atoms with E-state index in [-0.39, 0.29) is 11.5 Å². The molecule has 0 bridgehead atoms. The maximum absolute atomic E-state index is 5.85. The maximum Gasteiger partial charge on any atom is 0.223 e. The van der Waals surface area contributed by atoms with Crippen LogP contribution in [0.4, 0.5) is 0 Å². The van der Waals surface area contributed by atoms with Crippen molar-refractivity contribution in [3.8, 4) is 0 Å². The Kier molecular flexibility index (Phi) is 2.35. The van der Waals surface area contributed by atoms with Gasteiger partial charge in [-0.15, -0.1) is 0 Å². The highest BCUT2D eigenvalue weighted by Gasteiger charge is 2.44. The van der Waals surface area contributed by atoms with Crippen LogP contribution >= 0.6 is 0 Å². The lowest BCUT2D eigenvalue weighted by molar-refractivity contribution is -0.319. The first-order valence-electron chi connectivity index (χ1n) is 5.12. The molecule has 0 amide bonds. The first kappa shape index (κ1) is 10.6. The average molecular weight is 211 g/mol. The van der Waals surface area contributed by atoms with Gasteiger partial charge in [-0.05, 0) is 13.8 Å². The summed E-state index contributed by atoms with van der Waals surface area (Å²) in [4.78, 5) is 4.15. The van der Waals surface area contributed by atoms with Crippen LogP contribution in [-0.4, -0.2) is 17.4 Å². The van der Waals surface area contributed by atoms with Gasteiger partial charge in [-0.2, -0.15) is 0 Å². The second-order valence-electron chi connectivity index (χ2n) is 5.05. The Morgan fingerprint density at radius 2 is 2.07 bits per heavy atom. The van der Waals surface area contributed by atoms with E-state index in [4.69, 9.17) is 13.9 Å². The molecule has 15 heavy (non-hydrogen) atoms. The van der Waals surface area contributed by atoms with Gasteiger partial charge in [0.2, 0.25) is 5.89 Å². The van der Waals surface area contributed by atoms with Crippen molar-refractivity contribution in [3.05, 3.63) is 18.4 Å². The molecule has 0 N–H and O–H groups in total. The summed E-state index contributed by atoms with van der Waals surface area (Å²) in [6.07, 6.45) is 3.05. The molecular formula is C11H17NO3. The molecule has 0 unspecified atom stereocenters. The molecule has 0 aliphatic carbocycles. The Hall–Kier alpha value is -0.870. The van der Waals surface area contributed by atoms with Crippen molar-refractivity contribution in [3.63, 3.8) is 0 Å². The third-order valence-electron chi connectivity index (χ3n) is 2.58. The topological polar surface area (TPSA) is 44.5 Å². The standard InChI is InChI=1S/C11H17NO3/c1-10(2)7-14-11(3,4)15-8(10)9-12-5-6-13-9/h5-6,8H,7H2,1-4H3/t8-/m0/s1. The molecule has 1 aromatic rings. The molecule has 1 fully saturated rings. The van der Waals surface area contributed by atoms with E-state index in [1.807, 2.05) is 13.8 Å². The Morgan fingerprint density at radius 1 is 1.33 bits per heavy atom. The van der Waals surface area contributed by atoms with Crippen molar-refractivity contribution in [1.82, 2.24) is 4.98 Å². The summed E-state index contributed by atoms with van der Waals surface area (Å²) < 4.78 is 16.8. The molecule has 1 atom stereocenters. The van der Waals surface area contributed by atoms with Crippen molar-refractivity contribution < 1.29 is 13.9 Å². The smallest absolute Gasteiger partial charge is 0.223 e. The van der Waals surface area contributed by atoms with E-state index in [9.17, 15) is 0 Å². The van der Waals surface area contributed by atoms with E-state index in [0.717, 1.165) is 0 Å². The molecule has 1 aliphatic rings. The number of hydrogen-bond acceptors (Lipinski definition) is 4. The summed E-state index contributed by atoms with van der Waals surface area (Å²) in [5, 5.41) is 0. The van der Waals surface area contributed by atoms with Gasteiger partial charge in [-0.1, -0.05) is 13.8 Å². The van der Waals surface area contributed by atoms with Gasteiger partial charge < -0.3 is 13.9 Å². The zero-order valence-electron chi connectivity index (χ0n) is 9.61. The molecule has 4 nitrogen and oxygen atoms in total. The van der Waals surface area contributed by atoms with Crippen LogP contribution in [0.5, 0.6) is 0 Å². The summed E-state index contributed by atoms with van der Waals surface area (Å²) in [6, 6.07) is 0. The number of ether oxygens (including phenoxy) is 2. The molecule has 0 spiro atoms. The van der Waals surface area contributed by atoms with Gasteiger partial charge in [0.25, 0.3) is 0 Å². The Labute approximate surface area is 89.6 Å². The van der Waals surface area contributed by atoms with Crippen LogP contribution in [0, 0.1) is 5.41 Å². The van der Waals surface area contributed by atoms with Gasteiger partial charge >= 0.3 is 0 Å². The van der Waals surface area contributed by atoms with E-state index in [0.29, 0.717) is 12.5 Å². The van der Waals surface area contributed by atoms with Crippen molar-refractivity contribution in [2.75, 3.05) is 6.61 Å². The molecule has 84 valence electrons. The van der Waals surface area contributed by atoms with Crippen LogP contribution in [-0.2, 0) is 9.47 Å². The largest absolute Gasteiger partial charge is 0.446 e. The SMILES string of the molecule is CC1(C)OCC(C)(C)[C@H](c2ncco2)O1. The minimum absolute atomic E-state index is 0.125. The molecule has 2 heterocycles. The number of hydrogen-bond donors (Lipinski definition) is 0. The monoisotopic (exact) mass is 211 g/mol. The highest BCUT2D eigenvalue weighted by Crippen LogP contribution is 2.43. The van der Waals surface area contributed by atoms with Gasteiger partial charge in [0, 0.05) is 5.41 Å². The minimum Gasteiger partial charge on any atom is -0.446 e. The predicted octanol–water partition coefficient (Wildman–Crippen LogP) is 2.52. The molecular weight excluding hydrogens is 194 g/mol. The van der Waals surface area contributed by atoms with Gasteiger partial charge in [0.05, 0.1) is 12.8 Å². The maximum atomic E-state index is 5.85. The van der Waals surface area contributed by atoms with Crippen LogP contribution in [0.25, 0.3) is 0 Å². The molecule has 1 saturated heterocycles. The lowest BCUT2D eigenvalue weighted by atomic mass is 9.86. The van der Waals surface area contributed by atoms with Gasteiger partial charge in [-0.3, -0.25) is 0 Å². The van der Waals surface area contributed by atoms with Crippen molar-refractivity contribution in [2.45, 2.75) is 39.6 Å². The molecule has 0 saturated carbocycles. The molecule has 2 rings (SSSR count). The second-order valence-corrected chi connectivity index (χ2v) is 5.05. The van der Waals surface area contributed by atoms with E-state index >= 15 is 0 Å². The fourth-order valence-corrected chi connectivity index (χ4v) is 1.66. The zero-order valence-corrected chi connectivity index (χ0v) is 9.61. The predicted molar refractivity (Wildman–Crippen MR) is 54.1 cm³/mol. The third-order valence-corrected chi connectivity index (χ3v) is 2.58. The highest BCUT2D eigenvalue weighted by molar-refractivity contribution is 4.97. The van der Waals surface area contributed by atoms with Crippen LogP contribution in [0.1, 0.15) is 39.7 Å². The quantitative estimate of drug-likeness (QED) is 0.716. The van der Waals surface area contributed by atoms with Gasteiger partial charge in [0.15, 0.2) is 5.79 Å². The summed E-state index contributed by atoms with van der Waals surface area (Å²) in [5.74, 6) is 0.0469. The number of oxazole rings is 1. The minimum atomic E-state index is -0.575. The van der Waals surface area contributed by atoms with E-state index in [1.54, 1.807) is 12.5 Å². The normalized spacial score (nSPS) is 28.9. The molecule has 0 radical (unpaired) electrons. The molecule has 1 aliphatic heterocycles. The fourth-order valence-electron chi connectivity index (χ4n) is 1.66. The summed E-state index contributed by atoms with van der Waals surface area (Å²) >= 11 is 0. The summed E-state index contributed by atoms with van der Waals surface area (Å²) in [6.45, 7) is 8.59. The first-order valence-corrected chi connectivity index (χ1v) is 5.12. The summed E-state index contributed by atoms with van der Waals surface area (Å²) in [5.41, 5.74) is -0.125. The first-order chi connectivity index (χ1) is 6.91.